The Bertz CT molecular complexity index is 356. The minimum atomic E-state index is -0.569. The number of carboxylic acids is 1. The Morgan fingerprint density at radius 3 is 2.37 bits per heavy atom. The highest BCUT2D eigenvalue weighted by molar-refractivity contribution is 5.72. The van der Waals surface area contributed by atoms with Gasteiger partial charge in [0.15, 0.2) is 0 Å². The van der Waals surface area contributed by atoms with Gasteiger partial charge in [-0.3, -0.25) is 4.79 Å². The smallest absolute Gasteiger partial charge is 0.308 e. The van der Waals surface area contributed by atoms with Crippen molar-refractivity contribution in [2.75, 3.05) is 0 Å². The molecule has 3 aliphatic rings. The molecule has 0 spiro atoms. The van der Waals surface area contributed by atoms with Gasteiger partial charge in [-0.25, -0.2) is 0 Å². The molecule has 0 amide bonds. The zero-order valence-corrected chi connectivity index (χ0v) is 12.2. The molecule has 108 valence electrons. The van der Waals surface area contributed by atoms with Crippen LogP contribution in [0.25, 0.3) is 0 Å². The molecule has 3 rings (SSSR count). The third-order valence-corrected chi connectivity index (χ3v) is 5.97. The highest BCUT2D eigenvalue weighted by Crippen LogP contribution is 2.49. The molecular weight excluding hydrogens is 238 g/mol. The van der Waals surface area contributed by atoms with E-state index in [1.165, 1.54) is 32.1 Å². The van der Waals surface area contributed by atoms with Crippen LogP contribution in [0.1, 0.15) is 58.8 Å². The average Bonchev–Trinajstić information content (AvgIpc) is 2.92. The van der Waals surface area contributed by atoms with Gasteiger partial charge in [0.2, 0.25) is 0 Å². The maximum Gasteiger partial charge on any atom is 0.308 e. The summed E-state index contributed by atoms with van der Waals surface area (Å²) >= 11 is 0. The maximum absolute atomic E-state index is 11.5. The average molecular weight is 265 g/mol. The van der Waals surface area contributed by atoms with Gasteiger partial charge in [-0.15, -0.1) is 0 Å². The van der Waals surface area contributed by atoms with Gasteiger partial charge in [0.1, 0.15) is 0 Å². The van der Waals surface area contributed by atoms with E-state index in [2.05, 4.69) is 19.2 Å². The Labute approximate surface area is 116 Å². The monoisotopic (exact) mass is 265 g/mol. The van der Waals surface area contributed by atoms with Gasteiger partial charge < -0.3 is 10.4 Å². The number of rotatable bonds is 3. The number of carbonyl (C=O) groups is 1. The minimum Gasteiger partial charge on any atom is -0.481 e. The second-order valence-corrected chi connectivity index (χ2v) is 7.83. The van der Waals surface area contributed by atoms with E-state index in [0.717, 1.165) is 12.8 Å². The summed E-state index contributed by atoms with van der Waals surface area (Å²) in [5.74, 6) is 0.385. The van der Waals surface area contributed by atoms with Crippen molar-refractivity contribution < 1.29 is 9.90 Å². The van der Waals surface area contributed by atoms with Gasteiger partial charge in [-0.05, 0) is 62.2 Å². The highest BCUT2D eigenvalue weighted by atomic mass is 16.4. The Hall–Kier alpha value is -0.570. The summed E-state index contributed by atoms with van der Waals surface area (Å²) in [4.78, 5) is 11.5. The van der Waals surface area contributed by atoms with Gasteiger partial charge in [0.25, 0.3) is 0 Å². The molecule has 4 atom stereocenters. The van der Waals surface area contributed by atoms with Crippen LogP contribution in [0.5, 0.6) is 0 Å². The molecule has 0 saturated heterocycles. The van der Waals surface area contributed by atoms with Crippen LogP contribution in [0.15, 0.2) is 0 Å². The van der Waals surface area contributed by atoms with Crippen LogP contribution in [0.4, 0.5) is 0 Å². The molecule has 2 bridgehead atoms. The number of hydrogen-bond acceptors (Lipinski definition) is 2. The van der Waals surface area contributed by atoms with Crippen LogP contribution < -0.4 is 5.32 Å². The first kappa shape index (κ1) is 13.4. The number of carboxylic acid groups (broad SMARTS) is 1. The van der Waals surface area contributed by atoms with E-state index in [1.54, 1.807) is 0 Å². The lowest BCUT2D eigenvalue weighted by atomic mass is 9.75. The van der Waals surface area contributed by atoms with Crippen molar-refractivity contribution in [3.8, 4) is 0 Å². The number of hydrogen-bond donors (Lipinski definition) is 2. The molecule has 0 aromatic carbocycles. The number of aliphatic carboxylic acids is 1. The molecule has 3 nitrogen and oxygen atoms in total. The molecule has 0 heterocycles. The first-order valence-corrected chi connectivity index (χ1v) is 7.95. The summed E-state index contributed by atoms with van der Waals surface area (Å²) < 4.78 is 0. The highest BCUT2D eigenvalue weighted by Gasteiger charge is 2.51. The molecular formula is C16H27NO2. The Morgan fingerprint density at radius 2 is 1.74 bits per heavy atom. The standard InChI is InChI=1S/C16H27NO2/c1-16(2)7-5-12(6-8-16)17-14-11-4-3-10(9-11)13(14)15(18)19/h10-14,17H,3-9H2,1-2H3,(H,18,19). The van der Waals surface area contributed by atoms with E-state index in [9.17, 15) is 9.90 Å². The van der Waals surface area contributed by atoms with Crippen LogP contribution in [0.3, 0.4) is 0 Å². The van der Waals surface area contributed by atoms with E-state index >= 15 is 0 Å². The second kappa shape index (κ2) is 4.76. The van der Waals surface area contributed by atoms with Gasteiger partial charge in [-0.1, -0.05) is 13.8 Å². The van der Waals surface area contributed by atoms with Crippen LogP contribution in [0.2, 0.25) is 0 Å². The Kier molecular flexibility index (Phi) is 3.36. The van der Waals surface area contributed by atoms with Crippen molar-refractivity contribution >= 4 is 5.97 Å². The van der Waals surface area contributed by atoms with Crippen molar-refractivity contribution in [2.24, 2.45) is 23.2 Å². The third-order valence-electron chi connectivity index (χ3n) is 5.97. The van der Waals surface area contributed by atoms with Crippen molar-refractivity contribution in [2.45, 2.75) is 70.9 Å². The van der Waals surface area contributed by atoms with Crippen molar-refractivity contribution in [1.29, 1.82) is 0 Å². The molecule has 0 aromatic heterocycles. The summed E-state index contributed by atoms with van der Waals surface area (Å²) in [6, 6.07) is 0.807. The Morgan fingerprint density at radius 1 is 1.11 bits per heavy atom. The molecule has 3 fully saturated rings. The lowest BCUT2D eigenvalue weighted by Gasteiger charge is -2.38. The SMILES string of the molecule is CC1(C)CCC(NC2C3CCC(C3)C2C(=O)O)CC1. The molecule has 3 saturated carbocycles. The zero-order valence-electron chi connectivity index (χ0n) is 12.2. The largest absolute Gasteiger partial charge is 0.481 e. The molecule has 4 unspecified atom stereocenters. The van der Waals surface area contributed by atoms with Gasteiger partial charge in [0.05, 0.1) is 5.92 Å². The van der Waals surface area contributed by atoms with E-state index in [4.69, 9.17) is 0 Å². The zero-order chi connectivity index (χ0) is 13.6. The summed E-state index contributed by atoms with van der Waals surface area (Å²) in [7, 11) is 0. The van der Waals surface area contributed by atoms with Gasteiger partial charge >= 0.3 is 5.97 Å². The molecule has 0 aliphatic heterocycles. The maximum atomic E-state index is 11.5. The quantitative estimate of drug-likeness (QED) is 0.824. The van der Waals surface area contributed by atoms with Gasteiger partial charge in [0, 0.05) is 12.1 Å². The normalized spacial score (nSPS) is 41.6. The molecule has 0 aromatic rings. The van der Waals surface area contributed by atoms with Crippen LogP contribution in [-0.2, 0) is 4.79 Å². The molecule has 3 aliphatic carbocycles. The van der Waals surface area contributed by atoms with Crippen molar-refractivity contribution in [3.63, 3.8) is 0 Å². The minimum absolute atomic E-state index is 0.117. The van der Waals surface area contributed by atoms with E-state index in [0.29, 0.717) is 23.3 Å². The summed E-state index contributed by atoms with van der Waals surface area (Å²) in [5, 5.41) is 13.2. The van der Waals surface area contributed by atoms with E-state index < -0.39 is 5.97 Å². The van der Waals surface area contributed by atoms with E-state index in [1.807, 2.05) is 0 Å². The van der Waals surface area contributed by atoms with Crippen molar-refractivity contribution in [1.82, 2.24) is 5.32 Å². The summed E-state index contributed by atoms with van der Waals surface area (Å²) in [6.45, 7) is 4.70. The molecule has 2 N–H and O–H groups in total. The summed E-state index contributed by atoms with van der Waals surface area (Å²) in [6.07, 6.45) is 8.49. The topological polar surface area (TPSA) is 49.3 Å². The van der Waals surface area contributed by atoms with Crippen LogP contribution >= 0.6 is 0 Å². The lowest BCUT2D eigenvalue weighted by molar-refractivity contribution is -0.144. The predicted octanol–water partition coefficient (Wildman–Crippen LogP) is 3.04. The van der Waals surface area contributed by atoms with Crippen LogP contribution in [-0.4, -0.2) is 23.2 Å². The van der Waals surface area contributed by atoms with Crippen molar-refractivity contribution in [3.05, 3.63) is 0 Å². The summed E-state index contributed by atoms with van der Waals surface area (Å²) in [5.41, 5.74) is 0.485. The molecule has 3 heteroatoms. The predicted molar refractivity (Wildman–Crippen MR) is 74.9 cm³/mol. The fraction of sp³-hybridized carbons (Fsp3) is 0.938. The fourth-order valence-corrected chi connectivity index (χ4v) is 4.72. The molecule has 0 radical (unpaired) electrons. The lowest BCUT2D eigenvalue weighted by Crippen LogP contribution is -2.49. The van der Waals surface area contributed by atoms with Crippen LogP contribution in [0, 0.1) is 23.2 Å². The van der Waals surface area contributed by atoms with E-state index in [-0.39, 0.29) is 12.0 Å². The third kappa shape index (κ3) is 2.54. The molecule has 19 heavy (non-hydrogen) atoms. The second-order valence-electron chi connectivity index (χ2n) is 7.83. The van der Waals surface area contributed by atoms with Gasteiger partial charge in [-0.2, -0.15) is 0 Å². The first-order chi connectivity index (χ1) is 8.96. The Balaban J connectivity index is 1.62. The first-order valence-electron chi connectivity index (χ1n) is 7.95. The number of nitrogens with one attached hydrogen (secondary N) is 1. The fourth-order valence-electron chi connectivity index (χ4n) is 4.72. The number of fused-ring (bicyclic) bond motifs is 2.